The third-order valence-corrected chi connectivity index (χ3v) is 2.10. The second-order valence-electron chi connectivity index (χ2n) is 2.52. The van der Waals surface area contributed by atoms with Gasteiger partial charge < -0.3 is 5.32 Å². The summed E-state index contributed by atoms with van der Waals surface area (Å²) in [5.74, 6) is -0.839. The Bertz CT molecular complexity index is 576. The summed E-state index contributed by atoms with van der Waals surface area (Å²) in [4.78, 5) is 11.0. The highest BCUT2D eigenvalue weighted by Gasteiger charge is 2.24. The highest BCUT2D eigenvalue weighted by Crippen LogP contribution is 2.17. The lowest BCUT2D eigenvalue weighted by Gasteiger charge is -2.21. The Morgan fingerprint density at radius 3 is 2.79 bits per heavy atom. The highest BCUT2D eigenvalue weighted by atomic mass is 32.2. The van der Waals surface area contributed by atoms with Crippen molar-refractivity contribution in [2.24, 2.45) is 0 Å². The largest absolute Gasteiger partial charge is 0.350 e. The molecule has 1 aliphatic rings. The predicted octanol–water partition coefficient (Wildman–Crippen LogP) is 0.0975. The molecule has 2 N–H and O–H groups in total. The van der Waals surface area contributed by atoms with Crippen LogP contribution in [0.2, 0.25) is 0 Å². The van der Waals surface area contributed by atoms with Crippen LogP contribution in [0.1, 0.15) is 27.9 Å². The lowest BCUT2D eigenvalue weighted by molar-refractivity contribution is -0.119. The number of carbonyl (C=O) groups excluding carboxylic acids is 1. The van der Waals surface area contributed by atoms with Gasteiger partial charge in [0, 0.05) is 18.4 Å². The molecule has 5 nitrogen and oxygen atoms in total. The molecule has 1 amide bonds. The fourth-order valence-electron chi connectivity index (χ4n) is 0.784. The van der Waals surface area contributed by atoms with Crippen LogP contribution in [0.15, 0.2) is 12.2 Å². The zero-order valence-electron chi connectivity index (χ0n) is 13.2. The van der Waals surface area contributed by atoms with Gasteiger partial charge in [-0.25, -0.2) is 0 Å². The van der Waals surface area contributed by atoms with Crippen LogP contribution in [0.5, 0.6) is 0 Å². The number of hydrogen-bond donors (Lipinski definition) is 2. The Morgan fingerprint density at radius 1 is 1.64 bits per heavy atom. The Kier molecular flexibility index (Phi) is 1.54. The standard InChI is InChI=1S/C8H13NO4S/c1-6(10)9-7-2-4-8(5-3-7)14(11,12)13/h2,4,7-8H,3,5H2,1H3,(H,9,10)(H,11,12,13)/i3D2,5D2,7D,8D. The molecule has 0 fully saturated rings. The van der Waals surface area contributed by atoms with Crippen molar-refractivity contribution in [3.63, 3.8) is 0 Å². The summed E-state index contributed by atoms with van der Waals surface area (Å²) >= 11 is 0. The van der Waals surface area contributed by atoms with Gasteiger partial charge in [0.15, 0.2) is 0 Å². The van der Waals surface area contributed by atoms with E-state index in [0.29, 0.717) is 12.2 Å². The van der Waals surface area contributed by atoms with Crippen molar-refractivity contribution < 1.29 is 26.0 Å². The molecule has 1 rings (SSSR count). The third kappa shape index (κ3) is 3.12. The van der Waals surface area contributed by atoms with E-state index in [2.05, 4.69) is 0 Å². The van der Waals surface area contributed by atoms with Crippen LogP contribution >= 0.6 is 0 Å². The highest BCUT2D eigenvalue weighted by molar-refractivity contribution is 7.86. The Balaban J connectivity index is 3.61. The molecule has 0 saturated carbocycles. The van der Waals surface area contributed by atoms with Crippen molar-refractivity contribution in [3.8, 4) is 0 Å². The van der Waals surface area contributed by atoms with Gasteiger partial charge in [0.1, 0.15) is 5.23 Å². The van der Waals surface area contributed by atoms with Gasteiger partial charge in [0.05, 0.1) is 2.74 Å². The zero-order chi connectivity index (χ0) is 16.2. The molecule has 0 aliphatic heterocycles. The van der Waals surface area contributed by atoms with Crippen LogP contribution < -0.4 is 5.32 Å². The van der Waals surface area contributed by atoms with Gasteiger partial charge in [-0.3, -0.25) is 9.35 Å². The maximum Gasteiger partial charge on any atom is 0.271 e. The molecule has 0 heterocycles. The van der Waals surface area contributed by atoms with Gasteiger partial charge in [-0.05, 0) is 12.7 Å². The molecule has 14 heavy (non-hydrogen) atoms. The minimum atomic E-state index is -5.31. The first kappa shape index (κ1) is 5.27. The first-order valence-corrected chi connectivity index (χ1v) is 5.02. The molecule has 0 radical (unpaired) electrons. The molecule has 6 heteroatoms. The van der Waals surface area contributed by atoms with Crippen molar-refractivity contribution >= 4 is 16.0 Å². The molecular weight excluding hydrogens is 206 g/mol. The van der Waals surface area contributed by atoms with Crippen molar-refractivity contribution in [2.45, 2.75) is 30.9 Å². The minimum Gasteiger partial charge on any atom is -0.350 e. The second-order valence-corrected chi connectivity index (χ2v) is 3.91. The zero-order valence-corrected chi connectivity index (χ0v) is 8.05. The molecule has 0 aromatic heterocycles. The molecular formula is C8H13NO4S. The van der Waals surface area contributed by atoms with E-state index < -0.39 is 40.0 Å². The van der Waals surface area contributed by atoms with Gasteiger partial charge >= 0.3 is 0 Å². The molecule has 2 atom stereocenters. The minimum absolute atomic E-state index is 0.354. The van der Waals surface area contributed by atoms with Gasteiger partial charge in [0.25, 0.3) is 10.1 Å². The van der Waals surface area contributed by atoms with Gasteiger partial charge in [-0.15, -0.1) is 0 Å². The summed E-state index contributed by atoms with van der Waals surface area (Å²) in [6.45, 7) is 0.973. The predicted molar refractivity (Wildman–Crippen MR) is 51.3 cm³/mol. The second kappa shape index (κ2) is 4.10. The third-order valence-electron chi connectivity index (χ3n) is 1.31. The smallest absolute Gasteiger partial charge is 0.271 e. The van der Waals surface area contributed by atoms with Gasteiger partial charge in [0.2, 0.25) is 5.91 Å². The summed E-state index contributed by atoms with van der Waals surface area (Å²) in [7, 11) is -5.31. The number of hydrogen-bond acceptors (Lipinski definition) is 3. The van der Waals surface area contributed by atoms with E-state index in [1.807, 2.05) is 5.32 Å². The lowest BCUT2D eigenvalue weighted by atomic mass is 10.0. The van der Waals surface area contributed by atoms with Crippen LogP contribution in [0.4, 0.5) is 0 Å². The molecule has 0 bridgehead atoms. The number of nitrogens with one attached hydrogen (secondary N) is 1. The Morgan fingerprint density at radius 2 is 2.29 bits per heavy atom. The van der Waals surface area contributed by atoms with Crippen molar-refractivity contribution in [1.82, 2.24) is 5.32 Å². The lowest BCUT2D eigenvalue weighted by Crippen LogP contribution is -2.35. The van der Waals surface area contributed by atoms with E-state index in [1.54, 1.807) is 0 Å². The van der Waals surface area contributed by atoms with Gasteiger partial charge in [-0.1, -0.05) is 12.2 Å². The summed E-state index contributed by atoms with van der Waals surface area (Å²) < 4.78 is 77.2. The molecule has 80 valence electrons. The molecule has 1 aliphatic carbocycles. The van der Waals surface area contributed by atoms with Crippen molar-refractivity contribution in [1.29, 1.82) is 0 Å². The fourth-order valence-corrected chi connectivity index (χ4v) is 1.20. The average Bonchev–Trinajstić information content (AvgIpc) is 2.20. The normalized spacial score (nSPS) is 51.3. The monoisotopic (exact) mass is 225 g/mol. The van der Waals surface area contributed by atoms with Crippen LogP contribution in [-0.4, -0.2) is 30.1 Å². The molecule has 0 spiro atoms. The van der Waals surface area contributed by atoms with E-state index in [-0.39, 0.29) is 0 Å². The summed E-state index contributed by atoms with van der Waals surface area (Å²) in [5.41, 5.74) is 0. The SMILES string of the molecule is [2H]C1(NC(C)=O)C=CC([2H])(S(=O)(=O)O)C([2H])([2H])C1([2H])[2H]. The van der Waals surface area contributed by atoms with Gasteiger partial charge in [-0.2, -0.15) is 8.42 Å². The van der Waals surface area contributed by atoms with Crippen LogP contribution in [0.3, 0.4) is 0 Å². The summed E-state index contributed by atoms with van der Waals surface area (Å²) in [6.07, 6.45) is -5.90. The first-order valence-electron chi connectivity index (χ1n) is 6.58. The van der Waals surface area contributed by atoms with E-state index in [9.17, 15) is 13.2 Å². The first-order chi connectivity index (χ1) is 8.62. The number of rotatable bonds is 2. The quantitative estimate of drug-likeness (QED) is 0.515. The van der Waals surface area contributed by atoms with E-state index in [0.717, 1.165) is 6.92 Å². The van der Waals surface area contributed by atoms with E-state index in [1.165, 1.54) is 0 Å². The average molecular weight is 225 g/mol. The molecule has 2 unspecified atom stereocenters. The van der Waals surface area contributed by atoms with Crippen LogP contribution in [0.25, 0.3) is 0 Å². The summed E-state index contributed by atoms with van der Waals surface area (Å²) in [5, 5.41) is -1.47. The van der Waals surface area contributed by atoms with Crippen LogP contribution in [0, 0.1) is 0 Å². The van der Waals surface area contributed by atoms with Crippen LogP contribution in [-0.2, 0) is 14.9 Å². The van der Waals surface area contributed by atoms with Crippen molar-refractivity contribution in [3.05, 3.63) is 12.2 Å². The Hall–Kier alpha value is -0.880. The maximum atomic E-state index is 11.2. The molecule has 0 saturated heterocycles. The maximum absolute atomic E-state index is 11.2. The van der Waals surface area contributed by atoms with E-state index in [4.69, 9.17) is 12.8 Å². The fraction of sp³-hybridized carbons (Fsp3) is 0.625. The number of amides is 1. The Labute approximate surface area is 91.4 Å². The van der Waals surface area contributed by atoms with E-state index >= 15 is 0 Å². The van der Waals surface area contributed by atoms with Crippen molar-refractivity contribution in [2.75, 3.05) is 0 Å². The topological polar surface area (TPSA) is 83.5 Å². The number of carbonyl (C=O) groups is 1. The molecule has 0 aromatic carbocycles. The summed E-state index contributed by atoms with van der Waals surface area (Å²) in [6, 6.07) is -2.61. The molecule has 0 aromatic rings.